The minimum Gasteiger partial charge on any atom is -0.338 e. The van der Waals surface area contributed by atoms with Crippen LogP contribution in [-0.4, -0.2) is 53.2 Å². The number of likely N-dealkylation sites (N-methyl/N-ethyl adjacent to an activating group) is 1. The van der Waals surface area contributed by atoms with Crippen molar-refractivity contribution in [2.45, 2.75) is 44.6 Å². The van der Waals surface area contributed by atoms with Crippen molar-refractivity contribution >= 4 is 0 Å². The van der Waals surface area contributed by atoms with Crippen LogP contribution in [0.5, 0.6) is 0 Å². The Balaban J connectivity index is 1.55. The van der Waals surface area contributed by atoms with Gasteiger partial charge in [0.2, 0.25) is 5.89 Å². The van der Waals surface area contributed by atoms with E-state index in [0.717, 1.165) is 57.3 Å². The molecular formula is C20H28N4O. The van der Waals surface area contributed by atoms with Gasteiger partial charge in [0.25, 0.3) is 0 Å². The molecule has 1 saturated carbocycles. The van der Waals surface area contributed by atoms with Crippen LogP contribution in [0.15, 0.2) is 28.8 Å². The van der Waals surface area contributed by atoms with Gasteiger partial charge in [0, 0.05) is 26.2 Å². The summed E-state index contributed by atoms with van der Waals surface area (Å²) in [5, 5.41) is 4.43. The lowest BCUT2D eigenvalue weighted by Crippen LogP contribution is -2.43. The maximum Gasteiger partial charge on any atom is 0.240 e. The van der Waals surface area contributed by atoms with Gasteiger partial charge in [0.1, 0.15) is 0 Å². The molecule has 2 aromatic rings. The molecule has 0 N–H and O–H groups in total. The van der Waals surface area contributed by atoms with Crippen molar-refractivity contribution < 1.29 is 4.52 Å². The van der Waals surface area contributed by atoms with Crippen molar-refractivity contribution in [3.05, 3.63) is 47.1 Å². The van der Waals surface area contributed by atoms with Gasteiger partial charge in [-0.2, -0.15) is 4.98 Å². The summed E-state index contributed by atoms with van der Waals surface area (Å²) >= 11 is 0. The van der Waals surface area contributed by atoms with Gasteiger partial charge in [-0.3, -0.25) is 4.90 Å². The summed E-state index contributed by atoms with van der Waals surface area (Å²) in [5.74, 6) is 1.65. The van der Waals surface area contributed by atoms with E-state index in [1.165, 1.54) is 24.0 Å². The molecule has 0 unspecified atom stereocenters. The molecule has 0 spiro atoms. The van der Waals surface area contributed by atoms with Crippen LogP contribution in [0, 0.1) is 6.92 Å². The zero-order chi connectivity index (χ0) is 17.3. The van der Waals surface area contributed by atoms with Crippen LogP contribution in [0.1, 0.15) is 48.5 Å². The molecule has 134 valence electrons. The molecule has 2 fully saturated rings. The van der Waals surface area contributed by atoms with Crippen molar-refractivity contribution in [2.24, 2.45) is 0 Å². The Morgan fingerprint density at radius 1 is 1.04 bits per heavy atom. The highest BCUT2D eigenvalue weighted by molar-refractivity contribution is 5.35. The monoisotopic (exact) mass is 340 g/mol. The summed E-state index contributed by atoms with van der Waals surface area (Å²) in [7, 11) is 2.17. The standard InChI is InChI=1S/C20H28N4O/c1-16-5-7-17(8-6-16)20(9-3-4-10-20)19-21-18(25-22-19)15-24-13-11-23(2)12-14-24/h5-8H,3-4,9-15H2,1-2H3. The highest BCUT2D eigenvalue weighted by Crippen LogP contribution is 2.45. The molecule has 25 heavy (non-hydrogen) atoms. The fraction of sp³-hybridized carbons (Fsp3) is 0.600. The third-order valence-electron chi connectivity index (χ3n) is 5.91. The predicted octanol–water partition coefficient (Wildman–Crippen LogP) is 2.99. The first kappa shape index (κ1) is 16.7. The molecule has 2 heterocycles. The lowest BCUT2D eigenvalue weighted by Gasteiger charge is -2.31. The van der Waals surface area contributed by atoms with E-state index in [0.29, 0.717) is 0 Å². The maximum absolute atomic E-state index is 5.66. The van der Waals surface area contributed by atoms with Crippen molar-refractivity contribution in [3.8, 4) is 0 Å². The number of hydrogen-bond acceptors (Lipinski definition) is 5. The van der Waals surface area contributed by atoms with E-state index in [2.05, 4.69) is 53.2 Å². The minimum atomic E-state index is -0.0580. The summed E-state index contributed by atoms with van der Waals surface area (Å²) in [6.07, 6.45) is 4.69. The fourth-order valence-electron chi connectivity index (χ4n) is 4.20. The number of piperazine rings is 1. The first-order chi connectivity index (χ1) is 12.2. The second-order valence-electron chi connectivity index (χ2n) is 7.75. The molecule has 0 radical (unpaired) electrons. The zero-order valence-electron chi connectivity index (χ0n) is 15.4. The van der Waals surface area contributed by atoms with E-state index < -0.39 is 0 Å². The minimum absolute atomic E-state index is 0.0580. The second kappa shape index (κ2) is 6.89. The SMILES string of the molecule is Cc1ccc(C2(c3noc(CN4CCN(C)CC4)n3)CCCC2)cc1. The summed E-state index contributed by atoms with van der Waals surface area (Å²) in [5.41, 5.74) is 2.57. The largest absolute Gasteiger partial charge is 0.338 e. The third kappa shape index (κ3) is 3.35. The third-order valence-corrected chi connectivity index (χ3v) is 5.91. The molecule has 5 nitrogen and oxygen atoms in total. The van der Waals surface area contributed by atoms with Crippen LogP contribution >= 0.6 is 0 Å². The first-order valence-corrected chi connectivity index (χ1v) is 9.47. The van der Waals surface area contributed by atoms with Crippen LogP contribution in [-0.2, 0) is 12.0 Å². The number of benzene rings is 1. The average molecular weight is 340 g/mol. The Morgan fingerprint density at radius 2 is 1.72 bits per heavy atom. The molecule has 0 atom stereocenters. The number of rotatable bonds is 4. The van der Waals surface area contributed by atoms with E-state index in [1.54, 1.807) is 0 Å². The van der Waals surface area contributed by atoms with Crippen LogP contribution in [0.25, 0.3) is 0 Å². The molecule has 1 aliphatic carbocycles. The topological polar surface area (TPSA) is 45.4 Å². The van der Waals surface area contributed by atoms with Gasteiger partial charge in [-0.1, -0.05) is 47.8 Å². The van der Waals surface area contributed by atoms with Crippen molar-refractivity contribution in [1.82, 2.24) is 19.9 Å². The van der Waals surface area contributed by atoms with E-state index in [4.69, 9.17) is 9.51 Å². The van der Waals surface area contributed by atoms with Gasteiger partial charge in [-0.05, 0) is 32.4 Å². The van der Waals surface area contributed by atoms with Crippen LogP contribution in [0.3, 0.4) is 0 Å². The Labute approximate surface area is 150 Å². The normalized spacial score (nSPS) is 21.7. The van der Waals surface area contributed by atoms with Gasteiger partial charge in [0.15, 0.2) is 5.82 Å². The lowest BCUT2D eigenvalue weighted by molar-refractivity contribution is 0.135. The Morgan fingerprint density at radius 3 is 2.40 bits per heavy atom. The summed E-state index contributed by atoms with van der Waals surface area (Å²) in [4.78, 5) is 9.61. The molecule has 5 heteroatoms. The zero-order valence-corrected chi connectivity index (χ0v) is 15.4. The average Bonchev–Trinajstić information content (AvgIpc) is 3.28. The van der Waals surface area contributed by atoms with Crippen molar-refractivity contribution in [1.29, 1.82) is 0 Å². The molecule has 1 aromatic carbocycles. The predicted molar refractivity (Wildman–Crippen MR) is 97.5 cm³/mol. The maximum atomic E-state index is 5.66. The first-order valence-electron chi connectivity index (χ1n) is 9.47. The van der Waals surface area contributed by atoms with Crippen molar-refractivity contribution in [2.75, 3.05) is 33.2 Å². The number of aryl methyl sites for hydroxylation is 1. The Kier molecular flexibility index (Phi) is 4.61. The van der Waals surface area contributed by atoms with Crippen LogP contribution in [0.4, 0.5) is 0 Å². The quantitative estimate of drug-likeness (QED) is 0.856. The van der Waals surface area contributed by atoms with Crippen LogP contribution in [0.2, 0.25) is 0 Å². The van der Waals surface area contributed by atoms with Gasteiger partial charge in [0.05, 0.1) is 12.0 Å². The lowest BCUT2D eigenvalue weighted by atomic mass is 9.78. The molecular weight excluding hydrogens is 312 g/mol. The van der Waals surface area contributed by atoms with Gasteiger partial charge in [-0.25, -0.2) is 0 Å². The number of nitrogens with zero attached hydrogens (tertiary/aromatic N) is 4. The second-order valence-corrected chi connectivity index (χ2v) is 7.75. The smallest absolute Gasteiger partial charge is 0.240 e. The van der Waals surface area contributed by atoms with E-state index in [-0.39, 0.29) is 5.41 Å². The number of hydrogen-bond donors (Lipinski definition) is 0. The molecule has 1 aliphatic heterocycles. The summed E-state index contributed by atoms with van der Waals surface area (Å²) in [6.45, 7) is 7.25. The highest BCUT2D eigenvalue weighted by atomic mass is 16.5. The Hall–Kier alpha value is -1.72. The molecule has 1 saturated heterocycles. The highest BCUT2D eigenvalue weighted by Gasteiger charge is 2.41. The van der Waals surface area contributed by atoms with E-state index in [9.17, 15) is 0 Å². The Bertz CT molecular complexity index is 695. The number of aromatic nitrogens is 2. The van der Waals surface area contributed by atoms with Gasteiger partial charge in [-0.15, -0.1) is 0 Å². The molecule has 0 bridgehead atoms. The summed E-state index contributed by atoms with van der Waals surface area (Å²) < 4.78 is 5.66. The molecule has 1 aromatic heterocycles. The van der Waals surface area contributed by atoms with Gasteiger partial charge >= 0.3 is 0 Å². The molecule has 0 amide bonds. The molecule has 2 aliphatic rings. The van der Waals surface area contributed by atoms with Crippen molar-refractivity contribution in [3.63, 3.8) is 0 Å². The van der Waals surface area contributed by atoms with Crippen LogP contribution < -0.4 is 0 Å². The van der Waals surface area contributed by atoms with E-state index in [1.807, 2.05) is 0 Å². The van der Waals surface area contributed by atoms with Gasteiger partial charge < -0.3 is 9.42 Å². The summed E-state index contributed by atoms with van der Waals surface area (Å²) in [6, 6.07) is 8.88. The fourth-order valence-corrected chi connectivity index (χ4v) is 4.20. The van der Waals surface area contributed by atoms with E-state index >= 15 is 0 Å². The molecule has 4 rings (SSSR count).